The molecule has 17 heavy (non-hydrogen) atoms. The number of hydrogen-bond donors (Lipinski definition) is 1. The van der Waals surface area contributed by atoms with Crippen molar-refractivity contribution in [2.45, 2.75) is 57.8 Å². The summed E-state index contributed by atoms with van der Waals surface area (Å²) < 4.78 is 5.15. The Morgan fingerprint density at radius 3 is 2.29 bits per heavy atom. The average molecular weight is 245 g/mol. The van der Waals surface area contributed by atoms with Gasteiger partial charge in [0.15, 0.2) is 0 Å². The van der Waals surface area contributed by atoms with Crippen LogP contribution in [0.3, 0.4) is 0 Å². The number of aliphatic hydroxyl groups excluding tert-OH is 1. The Labute approximate surface area is 100 Å². The molecule has 1 aliphatic carbocycles. The molecule has 6 heteroatoms. The van der Waals surface area contributed by atoms with E-state index in [1.807, 2.05) is 0 Å². The predicted octanol–water partition coefficient (Wildman–Crippen LogP) is 1.13. The summed E-state index contributed by atoms with van der Waals surface area (Å²) in [6.45, 7) is 6.63. The SMILES string of the molecule is CC(O)C1([N+](=O)[O-])CC(C(=O)OC(C)(C)C)C1. The Morgan fingerprint density at radius 1 is 1.53 bits per heavy atom. The van der Waals surface area contributed by atoms with Crippen LogP contribution in [0.4, 0.5) is 0 Å². The second kappa shape index (κ2) is 4.25. The number of carbonyl (C=O) groups is 1. The third-order valence-electron chi connectivity index (χ3n) is 3.08. The van der Waals surface area contributed by atoms with Crippen LogP contribution in [-0.2, 0) is 9.53 Å². The summed E-state index contributed by atoms with van der Waals surface area (Å²) in [7, 11) is 0. The predicted molar refractivity (Wildman–Crippen MR) is 60.0 cm³/mol. The topological polar surface area (TPSA) is 89.7 Å². The van der Waals surface area contributed by atoms with Crippen LogP contribution >= 0.6 is 0 Å². The highest BCUT2D eigenvalue weighted by Crippen LogP contribution is 2.43. The largest absolute Gasteiger partial charge is 0.460 e. The molecular weight excluding hydrogens is 226 g/mol. The number of ether oxygens (including phenoxy) is 1. The van der Waals surface area contributed by atoms with Crippen LogP contribution in [0, 0.1) is 16.0 Å². The van der Waals surface area contributed by atoms with E-state index < -0.39 is 34.1 Å². The first-order valence-corrected chi connectivity index (χ1v) is 5.64. The van der Waals surface area contributed by atoms with Crippen LogP contribution in [0.1, 0.15) is 40.5 Å². The molecule has 1 rings (SSSR count). The molecule has 98 valence electrons. The Morgan fingerprint density at radius 2 is 2.00 bits per heavy atom. The fraction of sp³-hybridized carbons (Fsp3) is 0.909. The van der Waals surface area contributed by atoms with Gasteiger partial charge in [0.25, 0.3) is 0 Å². The molecule has 0 spiro atoms. The molecule has 1 fully saturated rings. The first kappa shape index (κ1) is 13.9. The van der Waals surface area contributed by atoms with E-state index in [4.69, 9.17) is 4.74 Å². The molecule has 0 aromatic rings. The van der Waals surface area contributed by atoms with Gasteiger partial charge in [0, 0.05) is 17.8 Å². The first-order valence-electron chi connectivity index (χ1n) is 5.64. The number of nitrogens with zero attached hydrogens (tertiary/aromatic N) is 1. The van der Waals surface area contributed by atoms with Crippen molar-refractivity contribution in [3.8, 4) is 0 Å². The highest BCUT2D eigenvalue weighted by molar-refractivity contribution is 5.74. The van der Waals surface area contributed by atoms with Crippen LogP contribution in [0.2, 0.25) is 0 Å². The molecule has 0 aromatic heterocycles. The fourth-order valence-electron chi connectivity index (χ4n) is 1.99. The van der Waals surface area contributed by atoms with Crippen molar-refractivity contribution in [3.63, 3.8) is 0 Å². The van der Waals surface area contributed by atoms with Gasteiger partial charge in [0.05, 0.1) is 5.92 Å². The van der Waals surface area contributed by atoms with Gasteiger partial charge >= 0.3 is 5.97 Å². The molecule has 1 atom stereocenters. The Bertz CT molecular complexity index is 325. The van der Waals surface area contributed by atoms with Crippen LogP contribution in [0.5, 0.6) is 0 Å². The van der Waals surface area contributed by atoms with E-state index in [1.165, 1.54) is 6.92 Å². The van der Waals surface area contributed by atoms with Crippen LogP contribution in [0.25, 0.3) is 0 Å². The van der Waals surface area contributed by atoms with E-state index in [0.717, 1.165) is 0 Å². The highest BCUT2D eigenvalue weighted by Gasteiger charge is 2.61. The van der Waals surface area contributed by atoms with Gasteiger partial charge in [-0.1, -0.05) is 0 Å². The van der Waals surface area contributed by atoms with Gasteiger partial charge in [-0.3, -0.25) is 14.9 Å². The zero-order chi connectivity index (χ0) is 13.4. The van der Waals surface area contributed by atoms with E-state index in [1.54, 1.807) is 20.8 Å². The van der Waals surface area contributed by atoms with Crippen LogP contribution in [-0.4, -0.2) is 33.2 Å². The quantitative estimate of drug-likeness (QED) is 0.457. The highest BCUT2D eigenvalue weighted by atomic mass is 16.6. The smallest absolute Gasteiger partial charge is 0.310 e. The second-order valence-electron chi connectivity index (χ2n) is 5.68. The van der Waals surface area contributed by atoms with Crippen molar-refractivity contribution in [1.29, 1.82) is 0 Å². The fourth-order valence-corrected chi connectivity index (χ4v) is 1.99. The Kier molecular flexibility index (Phi) is 3.47. The first-order chi connectivity index (χ1) is 7.58. The summed E-state index contributed by atoms with van der Waals surface area (Å²) in [6.07, 6.45) is -0.963. The molecular formula is C11H19NO5. The zero-order valence-electron chi connectivity index (χ0n) is 10.6. The molecule has 1 saturated carbocycles. The van der Waals surface area contributed by atoms with Crippen molar-refractivity contribution in [2.75, 3.05) is 0 Å². The van der Waals surface area contributed by atoms with Gasteiger partial charge in [-0.2, -0.15) is 0 Å². The molecule has 0 bridgehead atoms. The minimum Gasteiger partial charge on any atom is -0.460 e. The van der Waals surface area contributed by atoms with Crippen LogP contribution in [0.15, 0.2) is 0 Å². The van der Waals surface area contributed by atoms with E-state index >= 15 is 0 Å². The summed E-state index contributed by atoms with van der Waals surface area (Å²) in [5, 5.41) is 20.3. The summed E-state index contributed by atoms with van der Waals surface area (Å²) >= 11 is 0. The maximum absolute atomic E-state index is 11.6. The summed E-state index contributed by atoms with van der Waals surface area (Å²) in [5.41, 5.74) is -1.96. The molecule has 0 radical (unpaired) electrons. The number of rotatable bonds is 3. The van der Waals surface area contributed by atoms with Crippen molar-refractivity contribution in [3.05, 3.63) is 10.1 Å². The number of esters is 1. The molecule has 1 aliphatic rings. The Hall–Kier alpha value is -1.17. The van der Waals surface area contributed by atoms with Crippen molar-refractivity contribution in [1.82, 2.24) is 0 Å². The van der Waals surface area contributed by atoms with E-state index in [2.05, 4.69) is 0 Å². The maximum atomic E-state index is 11.6. The van der Waals surface area contributed by atoms with E-state index in [-0.39, 0.29) is 12.8 Å². The van der Waals surface area contributed by atoms with Crippen molar-refractivity contribution < 1.29 is 19.6 Å². The molecule has 1 unspecified atom stereocenters. The standard InChI is InChI=1S/C11H19NO5/c1-7(13)11(12(15)16)5-8(6-11)9(14)17-10(2,3)4/h7-8,13H,5-6H2,1-4H3. The minimum atomic E-state index is -1.37. The zero-order valence-corrected chi connectivity index (χ0v) is 10.6. The van der Waals surface area contributed by atoms with Crippen molar-refractivity contribution >= 4 is 5.97 Å². The normalized spacial score (nSPS) is 30.3. The molecule has 0 saturated heterocycles. The van der Waals surface area contributed by atoms with Gasteiger partial charge in [-0.05, 0) is 27.7 Å². The lowest BCUT2D eigenvalue weighted by molar-refractivity contribution is -0.602. The number of nitro groups is 1. The van der Waals surface area contributed by atoms with Gasteiger partial charge < -0.3 is 9.84 Å². The van der Waals surface area contributed by atoms with Gasteiger partial charge in [-0.15, -0.1) is 0 Å². The third-order valence-corrected chi connectivity index (χ3v) is 3.08. The van der Waals surface area contributed by atoms with E-state index in [9.17, 15) is 20.0 Å². The lowest BCUT2D eigenvalue weighted by Crippen LogP contribution is -2.59. The summed E-state index contributed by atoms with van der Waals surface area (Å²) in [6, 6.07) is 0. The van der Waals surface area contributed by atoms with E-state index in [0.29, 0.717) is 0 Å². The van der Waals surface area contributed by atoms with Gasteiger partial charge in [0.1, 0.15) is 11.7 Å². The summed E-state index contributed by atoms with van der Waals surface area (Å²) in [5.74, 6) is -0.898. The molecule has 0 amide bonds. The third kappa shape index (κ3) is 2.74. The number of aliphatic hydroxyl groups is 1. The lowest BCUT2D eigenvalue weighted by atomic mass is 9.66. The second-order valence-corrected chi connectivity index (χ2v) is 5.68. The lowest BCUT2D eigenvalue weighted by Gasteiger charge is -2.41. The van der Waals surface area contributed by atoms with Crippen molar-refractivity contribution in [2.24, 2.45) is 5.92 Å². The Balaban J connectivity index is 2.61. The average Bonchev–Trinajstić information content (AvgIpc) is 1.95. The molecule has 0 aliphatic heterocycles. The van der Waals surface area contributed by atoms with Crippen LogP contribution < -0.4 is 0 Å². The molecule has 0 aromatic carbocycles. The molecule has 1 N–H and O–H groups in total. The number of hydrogen-bond acceptors (Lipinski definition) is 5. The summed E-state index contributed by atoms with van der Waals surface area (Å²) in [4.78, 5) is 22.1. The monoisotopic (exact) mass is 245 g/mol. The van der Waals surface area contributed by atoms with Gasteiger partial charge in [-0.25, -0.2) is 0 Å². The van der Waals surface area contributed by atoms with Gasteiger partial charge in [0.2, 0.25) is 5.54 Å². The number of carbonyl (C=O) groups excluding carboxylic acids is 1. The molecule has 0 heterocycles. The molecule has 6 nitrogen and oxygen atoms in total. The minimum absolute atomic E-state index is 0.0482. The maximum Gasteiger partial charge on any atom is 0.310 e.